The zero-order valence-corrected chi connectivity index (χ0v) is 17.0. The fourth-order valence-electron chi connectivity index (χ4n) is 3.11. The summed E-state index contributed by atoms with van der Waals surface area (Å²) in [6.45, 7) is 12.2. The monoisotopic (exact) mass is 359 g/mol. The second-order valence-corrected chi connectivity index (χ2v) is 6.91. The van der Waals surface area contributed by atoms with Crippen molar-refractivity contribution in [2.45, 2.75) is 59.9 Å². The van der Waals surface area contributed by atoms with Gasteiger partial charge in [0.05, 0.1) is 11.9 Å². The van der Waals surface area contributed by atoms with Crippen LogP contribution >= 0.6 is 0 Å². The molecule has 0 aliphatic carbocycles. The van der Waals surface area contributed by atoms with E-state index in [0.29, 0.717) is 0 Å². The number of nitrogens with zero attached hydrogens (tertiary/aromatic N) is 4. The molecular formula is C19H33N7. The molecular weight excluding hydrogens is 326 g/mol. The first-order valence-corrected chi connectivity index (χ1v) is 9.45. The Kier molecular flexibility index (Phi) is 7.24. The molecule has 2 aromatic heterocycles. The third kappa shape index (κ3) is 5.34. The standard InChI is InChI=1S/C19H33N7/c1-7-20-19(21-10-8-9-17-12-22-24-14(17)3)23-13(2)11-18-15(4)25-26(6)16(18)5/h12-13H,7-11H2,1-6H3,(H,22,24)(H2,20,21,23). The van der Waals surface area contributed by atoms with Crippen molar-refractivity contribution < 1.29 is 0 Å². The van der Waals surface area contributed by atoms with Gasteiger partial charge in [-0.2, -0.15) is 10.2 Å². The molecule has 144 valence electrons. The quantitative estimate of drug-likeness (QED) is 0.383. The van der Waals surface area contributed by atoms with Gasteiger partial charge in [-0.25, -0.2) is 0 Å². The van der Waals surface area contributed by atoms with Crippen LogP contribution in [0.5, 0.6) is 0 Å². The van der Waals surface area contributed by atoms with E-state index in [1.807, 2.05) is 17.9 Å². The number of hydrogen-bond donors (Lipinski definition) is 3. The van der Waals surface area contributed by atoms with Gasteiger partial charge >= 0.3 is 0 Å². The molecule has 7 nitrogen and oxygen atoms in total. The topological polar surface area (TPSA) is 82.9 Å². The predicted octanol–water partition coefficient (Wildman–Crippen LogP) is 2.19. The van der Waals surface area contributed by atoms with E-state index in [2.05, 4.69) is 60.5 Å². The molecule has 1 unspecified atom stereocenters. The van der Waals surface area contributed by atoms with Crippen LogP contribution in [0.1, 0.15) is 48.5 Å². The van der Waals surface area contributed by atoms with E-state index in [1.54, 1.807) is 0 Å². The molecule has 0 radical (unpaired) electrons. The van der Waals surface area contributed by atoms with Gasteiger partial charge in [-0.3, -0.25) is 14.8 Å². The minimum Gasteiger partial charge on any atom is -0.357 e. The number of guanidine groups is 1. The highest BCUT2D eigenvalue weighted by atomic mass is 15.3. The van der Waals surface area contributed by atoms with E-state index in [9.17, 15) is 0 Å². The van der Waals surface area contributed by atoms with Gasteiger partial charge in [0.25, 0.3) is 0 Å². The summed E-state index contributed by atoms with van der Waals surface area (Å²) in [4.78, 5) is 4.72. The molecule has 0 aliphatic heterocycles. The largest absolute Gasteiger partial charge is 0.357 e. The van der Waals surface area contributed by atoms with Crippen LogP contribution in [0.2, 0.25) is 0 Å². The number of aliphatic imine (C=N–C) groups is 1. The van der Waals surface area contributed by atoms with E-state index in [-0.39, 0.29) is 6.04 Å². The highest BCUT2D eigenvalue weighted by Gasteiger charge is 2.14. The maximum atomic E-state index is 4.72. The zero-order valence-electron chi connectivity index (χ0n) is 17.0. The Labute approximate surface area is 156 Å². The smallest absolute Gasteiger partial charge is 0.191 e. The Hall–Kier alpha value is -2.31. The molecule has 0 saturated heterocycles. The number of nitrogens with one attached hydrogen (secondary N) is 3. The van der Waals surface area contributed by atoms with Crippen molar-refractivity contribution in [1.29, 1.82) is 0 Å². The maximum absolute atomic E-state index is 4.72. The molecule has 3 N–H and O–H groups in total. The van der Waals surface area contributed by atoms with Gasteiger partial charge in [0.2, 0.25) is 0 Å². The molecule has 0 aliphatic rings. The van der Waals surface area contributed by atoms with Gasteiger partial charge in [-0.05, 0) is 65.0 Å². The van der Waals surface area contributed by atoms with Gasteiger partial charge < -0.3 is 10.6 Å². The van der Waals surface area contributed by atoms with Crippen molar-refractivity contribution >= 4 is 5.96 Å². The molecule has 2 rings (SSSR count). The van der Waals surface area contributed by atoms with Crippen molar-refractivity contribution in [1.82, 2.24) is 30.6 Å². The number of hydrogen-bond acceptors (Lipinski definition) is 3. The van der Waals surface area contributed by atoms with Crippen LogP contribution in [0, 0.1) is 20.8 Å². The predicted molar refractivity (Wildman–Crippen MR) is 107 cm³/mol. The molecule has 2 aromatic rings. The number of aryl methyl sites for hydroxylation is 4. The van der Waals surface area contributed by atoms with E-state index in [4.69, 9.17) is 4.99 Å². The number of rotatable bonds is 8. The molecule has 7 heteroatoms. The first kappa shape index (κ1) is 20.0. The number of aromatic nitrogens is 4. The van der Waals surface area contributed by atoms with Crippen molar-refractivity contribution in [3.05, 3.63) is 34.4 Å². The van der Waals surface area contributed by atoms with Gasteiger partial charge in [0.15, 0.2) is 5.96 Å². The van der Waals surface area contributed by atoms with Gasteiger partial charge in [0.1, 0.15) is 0 Å². The molecule has 0 amide bonds. The lowest BCUT2D eigenvalue weighted by molar-refractivity contribution is 0.634. The lowest BCUT2D eigenvalue weighted by Gasteiger charge is -2.18. The molecule has 0 saturated carbocycles. The van der Waals surface area contributed by atoms with E-state index < -0.39 is 0 Å². The summed E-state index contributed by atoms with van der Waals surface area (Å²) in [5.41, 5.74) is 6.08. The Morgan fingerprint density at radius 3 is 2.69 bits per heavy atom. The summed E-state index contributed by atoms with van der Waals surface area (Å²) in [7, 11) is 2.00. The van der Waals surface area contributed by atoms with E-state index in [0.717, 1.165) is 49.7 Å². The minimum atomic E-state index is 0.283. The lowest BCUT2D eigenvalue weighted by Crippen LogP contribution is -2.43. The number of aromatic amines is 1. The van der Waals surface area contributed by atoms with Crippen molar-refractivity contribution in [3.8, 4) is 0 Å². The summed E-state index contributed by atoms with van der Waals surface area (Å²) in [5.74, 6) is 0.878. The van der Waals surface area contributed by atoms with Crippen LogP contribution in [0.15, 0.2) is 11.2 Å². The fourth-order valence-corrected chi connectivity index (χ4v) is 3.11. The maximum Gasteiger partial charge on any atom is 0.191 e. The van der Waals surface area contributed by atoms with Crippen LogP contribution in [-0.4, -0.2) is 45.1 Å². The normalized spacial score (nSPS) is 13.1. The highest BCUT2D eigenvalue weighted by Crippen LogP contribution is 2.14. The average molecular weight is 360 g/mol. The van der Waals surface area contributed by atoms with Crippen molar-refractivity contribution in [3.63, 3.8) is 0 Å². The second-order valence-electron chi connectivity index (χ2n) is 6.91. The number of H-pyrrole nitrogens is 1. The van der Waals surface area contributed by atoms with Crippen LogP contribution in [0.4, 0.5) is 0 Å². The Bertz CT molecular complexity index is 726. The van der Waals surface area contributed by atoms with E-state index in [1.165, 1.54) is 16.8 Å². The second kappa shape index (κ2) is 9.40. The molecule has 0 bridgehead atoms. The molecule has 0 fully saturated rings. The highest BCUT2D eigenvalue weighted by molar-refractivity contribution is 5.80. The first-order chi connectivity index (χ1) is 12.4. The first-order valence-electron chi connectivity index (χ1n) is 9.45. The Morgan fingerprint density at radius 2 is 2.12 bits per heavy atom. The minimum absolute atomic E-state index is 0.283. The summed E-state index contributed by atoms with van der Waals surface area (Å²) in [6, 6.07) is 0.283. The lowest BCUT2D eigenvalue weighted by atomic mass is 10.1. The third-order valence-corrected chi connectivity index (χ3v) is 4.70. The van der Waals surface area contributed by atoms with Crippen molar-refractivity contribution in [2.75, 3.05) is 13.1 Å². The Morgan fingerprint density at radius 1 is 1.35 bits per heavy atom. The molecule has 2 heterocycles. The summed E-state index contributed by atoms with van der Waals surface area (Å²) < 4.78 is 1.95. The van der Waals surface area contributed by atoms with Crippen LogP contribution in [0.25, 0.3) is 0 Å². The van der Waals surface area contributed by atoms with Crippen LogP contribution in [-0.2, 0) is 19.9 Å². The zero-order chi connectivity index (χ0) is 19.1. The molecule has 0 spiro atoms. The summed E-state index contributed by atoms with van der Waals surface area (Å²) in [6.07, 6.45) is 4.84. The third-order valence-electron chi connectivity index (χ3n) is 4.70. The van der Waals surface area contributed by atoms with Crippen LogP contribution in [0.3, 0.4) is 0 Å². The molecule has 26 heavy (non-hydrogen) atoms. The SMILES string of the molecule is CCNC(=NCCCc1cn[nH]c1C)NC(C)Cc1c(C)nn(C)c1C. The fraction of sp³-hybridized carbons (Fsp3) is 0.632. The van der Waals surface area contributed by atoms with Gasteiger partial charge in [-0.15, -0.1) is 0 Å². The average Bonchev–Trinajstić information content (AvgIpc) is 3.10. The summed E-state index contributed by atoms with van der Waals surface area (Å²) in [5, 5.41) is 18.4. The Balaban J connectivity index is 1.88. The summed E-state index contributed by atoms with van der Waals surface area (Å²) >= 11 is 0. The van der Waals surface area contributed by atoms with Gasteiger partial charge in [-0.1, -0.05) is 0 Å². The van der Waals surface area contributed by atoms with E-state index >= 15 is 0 Å². The molecule has 0 aromatic carbocycles. The van der Waals surface area contributed by atoms with Crippen LogP contribution < -0.4 is 10.6 Å². The molecule has 1 atom stereocenters. The van der Waals surface area contributed by atoms with Crippen molar-refractivity contribution in [2.24, 2.45) is 12.0 Å². The van der Waals surface area contributed by atoms with Gasteiger partial charge in [0, 0.05) is 37.6 Å².